The molecular formula is C22H26N2O4. The van der Waals surface area contributed by atoms with Crippen molar-refractivity contribution < 1.29 is 19.1 Å². The van der Waals surface area contributed by atoms with Gasteiger partial charge >= 0.3 is 5.97 Å². The zero-order valence-corrected chi connectivity index (χ0v) is 16.9. The summed E-state index contributed by atoms with van der Waals surface area (Å²) in [4.78, 5) is 37.3. The van der Waals surface area contributed by atoms with Crippen LogP contribution in [0, 0.1) is 12.3 Å². The number of rotatable bonds is 6. The Morgan fingerprint density at radius 1 is 1.00 bits per heavy atom. The molecule has 0 aliphatic heterocycles. The van der Waals surface area contributed by atoms with E-state index in [1.54, 1.807) is 32.0 Å². The number of carbonyl (C=O) groups is 3. The third-order valence-corrected chi connectivity index (χ3v) is 4.66. The number of aryl methyl sites for hydroxylation is 2. The standard InChI is InChI=1S/C22H26N2O4/c1-6-15-10-7-9-14(2)18(15)24-21(27)22(3,4)20(26)23-17-12-8-11-16(13-17)19(25)28-5/h7-13H,6H2,1-5H3,(H,23,26)(H,24,27). The van der Waals surface area contributed by atoms with Gasteiger partial charge in [-0.2, -0.15) is 0 Å². The molecule has 0 saturated carbocycles. The molecule has 0 atom stereocenters. The number of amides is 2. The van der Waals surface area contributed by atoms with Crippen LogP contribution in [-0.2, 0) is 20.7 Å². The maximum Gasteiger partial charge on any atom is 0.337 e. The van der Waals surface area contributed by atoms with Crippen molar-refractivity contribution >= 4 is 29.2 Å². The zero-order chi connectivity index (χ0) is 20.9. The highest BCUT2D eigenvalue weighted by atomic mass is 16.5. The first-order valence-electron chi connectivity index (χ1n) is 9.10. The molecule has 2 aromatic carbocycles. The Morgan fingerprint density at radius 2 is 1.64 bits per heavy atom. The van der Waals surface area contributed by atoms with Crippen LogP contribution in [0.4, 0.5) is 11.4 Å². The fraction of sp³-hybridized carbons (Fsp3) is 0.318. The van der Waals surface area contributed by atoms with Crippen LogP contribution in [0.1, 0.15) is 42.3 Å². The molecule has 0 aliphatic rings. The fourth-order valence-corrected chi connectivity index (χ4v) is 2.70. The summed E-state index contributed by atoms with van der Waals surface area (Å²) in [7, 11) is 1.29. The van der Waals surface area contributed by atoms with E-state index in [0.29, 0.717) is 11.3 Å². The Morgan fingerprint density at radius 3 is 2.29 bits per heavy atom. The van der Waals surface area contributed by atoms with Gasteiger partial charge in [-0.3, -0.25) is 9.59 Å². The molecule has 6 nitrogen and oxygen atoms in total. The molecule has 0 spiro atoms. The summed E-state index contributed by atoms with van der Waals surface area (Å²) in [6.07, 6.45) is 0.768. The Kier molecular flexibility index (Phi) is 6.57. The number of para-hydroxylation sites is 1. The lowest BCUT2D eigenvalue weighted by Crippen LogP contribution is -2.41. The predicted octanol–water partition coefficient (Wildman–Crippen LogP) is 3.95. The molecule has 0 aromatic heterocycles. The van der Waals surface area contributed by atoms with Crippen LogP contribution in [0.3, 0.4) is 0 Å². The van der Waals surface area contributed by atoms with Crippen molar-refractivity contribution in [2.45, 2.75) is 34.1 Å². The van der Waals surface area contributed by atoms with Gasteiger partial charge in [0.1, 0.15) is 5.41 Å². The molecule has 0 aliphatic carbocycles. The van der Waals surface area contributed by atoms with Gasteiger partial charge in [-0.05, 0) is 56.5 Å². The van der Waals surface area contributed by atoms with E-state index in [9.17, 15) is 14.4 Å². The van der Waals surface area contributed by atoms with E-state index in [2.05, 4.69) is 15.4 Å². The van der Waals surface area contributed by atoms with Gasteiger partial charge in [0.25, 0.3) is 0 Å². The molecule has 2 amide bonds. The Balaban J connectivity index is 2.19. The van der Waals surface area contributed by atoms with Gasteiger partial charge in [-0.15, -0.1) is 0 Å². The maximum absolute atomic E-state index is 12.9. The van der Waals surface area contributed by atoms with Gasteiger partial charge in [0.2, 0.25) is 11.8 Å². The number of hydrogen-bond donors (Lipinski definition) is 2. The molecule has 0 bridgehead atoms. The lowest BCUT2D eigenvalue weighted by molar-refractivity contribution is -0.135. The van der Waals surface area contributed by atoms with E-state index in [4.69, 9.17) is 0 Å². The average Bonchev–Trinajstić information content (AvgIpc) is 2.68. The van der Waals surface area contributed by atoms with Crippen LogP contribution < -0.4 is 10.6 Å². The van der Waals surface area contributed by atoms with Gasteiger partial charge in [0, 0.05) is 11.4 Å². The van der Waals surface area contributed by atoms with Gasteiger partial charge < -0.3 is 15.4 Å². The minimum absolute atomic E-state index is 0.315. The number of esters is 1. The smallest absolute Gasteiger partial charge is 0.337 e. The summed E-state index contributed by atoms with van der Waals surface area (Å²) < 4.78 is 4.69. The van der Waals surface area contributed by atoms with Crippen LogP contribution in [0.2, 0.25) is 0 Å². The van der Waals surface area contributed by atoms with E-state index in [1.165, 1.54) is 13.2 Å². The predicted molar refractivity (Wildman–Crippen MR) is 109 cm³/mol. The van der Waals surface area contributed by atoms with Crippen LogP contribution in [0.5, 0.6) is 0 Å². The molecular weight excluding hydrogens is 356 g/mol. The number of benzene rings is 2. The van der Waals surface area contributed by atoms with Crippen molar-refractivity contribution in [3.05, 3.63) is 59.2 Å². The first-order chi connectivity index (χ1) is 13.2. The highest BCUT2D eigenvalue weighted by molar-refractivity contribution is 6.14. The Bertz CT molecular complexity index is 903. The van der Waals surface area contributed by atoms with E-state index in [1.807, 2.05) is 32.0 Å². The largest absolute Gasteiger partial charge is 0.465 e. The lowest BCUT2D eigenvalue weighted by atomic mass is 9.90. The first-order valence-corrected chi connectivity index (χ1v) is 9.10. The second-order valence-corrected chi connectivity index (χ2v) is 7.07. The van der Waals surface area contributed by atoms with Crippen LogP contribution in [0.25, 0.3) is 0 Å². The number of ether oxygens (including phenoxy) is 1. The highest BCUT2D eigenvalue weighted by Crippen LogP contribution is 2.26. The Labute approximate surface area is 165 Å². The molecule has 2 rings (SSSR count). The molecule has 28 heavy (non-hydrogen) atoms. The maximum atomic E-state index is 12.9. The normalized spacial score (nSPS) is 10.9. The molecule has 0 saturated heterocycles. The second-order valence-electron chi connectivity index (χ2n) is 7.07. The van der Waals surface area contributed by atoms with E-state index in [-0.39, 0.29) is 0 Å². The van der Waals surface area contributed by atoms with Crippen LogP contribution in [-0.4, -0.2) is 24.9 Å². The molecule has 0 fully saturated rings. The summed E-state index contributed by atoms with van der Waals surface area (Å²) in [5, 5.41) is 5.61. The molecule has 0 heterocycles. The van der Waals surface area contributed by atoms with Crippen molar-refractivity contribution in [3.63, 3.8) is 0 Å². The molecule has 148 valence electrons. The van der Waals surface area contributed by atoms with Crippen molar-refractivity contribution in [3.8, 4) is 0 Å². The summed E-state index contributed by atoms with van der Waals surface area (Å²) in [5.41, 5.74) is 2.09. The molecule has 2 N–H and O–H groups in total. The average molecular weight is 382 g/mol. The third-order valence-electron chi connectivity index (χ3n) is 4.66. The number of anilines is 2. The minimum Gasteiger partial charge on any atom is -0.465 e. The van der Waals surface area contributed by atoms with E-state index < -0.39 is 23.2 Å². The van der Waals surface area contributed by atoms with Crippen molar-refractivity contribution in [1.82, 2.24) is 0 Å². The van der Waals surface area contributed by atoms with Gasteiger partial charge in [0.05, 0.1) is 12.7 Å². The van der Waals surface area contributed by atoms with Gasteiger partial charge in [-0.25, -0.2) is 4.79 Å². The number of hydrogen-bond acceptors (Lipinski definition) is 4. The lowest BCUT2D eigenvalue weighted by Gasteiger charge is -2.24. The fourth-order valence-electron chi connectivity index (χ4n) is 2.70. The van der Waals surface area contributed by atoms with Crippen molar-refractivity contribution in [1.29, 1.82) is 0 Å². The summed E-state index contributed by atoms with van der Waals surface area (Å²) >= 11 is 0. The summed E-state index contributed by atoms with van der Waals surface area (Å²) in [6, 6.07) is 12.2. The molecule has 0 radical (unpaired) electrons. The molecule has 0 unspecified atom stereocenters. The summed E-state index contributed by atoms with van der Waals surface area (Å²) in [5.74, 6) is -1.38. The van der Waals surface area contributed by atoms with Crippen LogP contribution >= 0.6 is 0 Å². The Hall–Kier alpha value is -3.15. The second kappa shape index (κ2) is 8.69. The third kappa shape index (κ3) is 4.57. The molecule has 6 heteroatoms. The minimum atomic E-state index is -1.32. The zero-order valence-electron chi connectivity index (χ0n) is 16.9. The van der Waals surface area contributed by atoms with Crippen LogP contribution in [0.15, 0.2) is 42.5 Å². The topological polar surface area (TPSA) is 84.5 Å². The van der Waals surface area contributed by atoms with Gasteiger partial charge in [0.15, 0.2) is 0 Å². The van der Waals surface area contributed by atoms with Crippen molar-refractivity contribution in [2.75, 3.05) is 17.7 Å². The van der Waals surface area contributed by atoms with E-state index >= 15 is 0 Å². The first kappa shape index (κ1) is 21.2. The van der Waals surface area contributed by atoms with Gasteiger partial charge in [-0.1, -0.05) is 31.2 Å². The molecule has 2 aromatic rings. The van der Waals surface area contributed by atoms with Crippen molar-refractivity contribution in [2.24, 2.45) is 5.41 Å². The quantitative estimate of drug-likeness (QED) is 0.585. The highest BCUT2D eigenvalue weighted by Gasteiger charge is 2.36. The number of methoxy groups -OCH3 is 1. The monoisotopic (exact) mass is 382 g/mol. The SMILES string of the molecule is CCc1cccc(C)c1NC(=O)C(C)(C)C(=O)Nc1cccc(C(=O)OC)c1. The number of nitrogens with one attached hydrogen (secondary N) is 2. The number of carbonyl (C=O) groups excluding carboxylic acids is 3. The summed E-state index contributed by atoms with van der Waals surface area (Å²) in [6.45, 7) is 7.05. The van der Waals surface area contributed by atoms with E-state index in [0.717, 1.165) is 23.2 Å².